The van der Waals surface area contributed by atoms with Crippen molar-refractivity contribution in [3.8, 4) is 0 Å². The van der Waals surface area contributed by atoms with Crippen LogP contribution in [0.3, 0.4) is 0 Å². The Morgan fingerprint density at radius 3 is 2.53 bits per heavy atom. The lowest BCUT2D eigenvalue weighted by atomic mass is 10.2. The summed E-state index contributed by atoms with van der Waals surface area (Å²) in [5, 5.41) is 8.23. The van der Waals surface area contributed by atoms with Gasteiger partial charge in [-0.05, 0) is 26.2 Å². The number of carbonyl (C=O) groups excluding carboxylic acids is 1. The third-order valence-electron chi connectivity index (χ3n) is 1.70. The number of unbranched alkanes of at least 4 members (excludes halogenated alkanes) is 1. The lowest BCUT2D eigenvalue weighted by Crippen LogP contribution is -2.14. The van der Waals surface area contributed by atoms with Crippen molar-refractivity contribution in [2.24, 2.45) is 0 Å². The van der Waals surface area contributed by atoms with Gasteiger partial charge in [-0.15, -0.1) is 0 Å². The first-order valence-corrected chi connectivity index (χ1v) is 4.64. The monoisotopic (exact) mass is 218 g/mol. The molecule has 0 aliphatic heterocycles. The van der Waals surface area contributed by atoms with Crippen molar-refractivity contribution in [1.29, 1.82) is 0 Å². The molecule has 0 radical (unpaired) electrons. The van der Waals surface area contributed by atoms with Crippen LogP contribution in [0.15, 0.2) is 12.2 Å². The van der Waals surface area contributed by atoms with E-state index in [9.17, 15) is 14.0 Å². The molecule has 0 aromatic heterocycles. The first-order chi connectivity index (χ1) is 6.95. The summed E-state index contributed by atoms with van der Waals surface area (Å²) in [5.74, 6) is -1.93. The number of hydrogen-bond donors (Lipinski definition) is 1. The lowest BCUT2D eigenvalue weighted by molar-refractivity contribution is -0.143. The molecular formula is C10H15FO4. The van der Waals surface area contributed by atoms with E-state index >= 15 is 0 Å². The molecule has 0 bridgehead atoms. The maximum Gasteiger partial charge on any atom is 0.338 e. The number of carbonyl (C=O) groups is 2. The van der Waals surface area contributed by atoms with E-state index < -0.39 is 18.1 Å². The molecule has 1 N–H and O–H groups in total. The van der Waals surface area contributed by atoms with E-state index in [4.69, 9.17) is 9.84 Å². The highest BCUT2D eigenvalue weighted by atomic mass is 19.1. The van der Waals surface area contributed by atoms with E-state index in [2.05, 4.69) is 6.58 Å². The van der Waals surface area contributed by atoms with Gasteiger partial charge in [-0.3, -0.25) is 0 Å². The Morgan fingerprint density at radius 2 is 2.07 bits per heavy atom. The van der Waals surface area contributed by atoms with Gasteiger partial charge in [0.1, 0.15) is 0 Å². The third-order valence-corrected chi connectivity index (χ3v) is 1.70. The molecule has 0 saturated heterocycles. The Kier molecular flexibility index (Phi) is 6.33. The second-order valence-electron chi connectivity index (χ2n) is 3.22. The molecule has 0 aromatic carbocycles. The van der Waals surface area contributed by atoms with Crippen LogP contribution in [0.4, 0.5) is 4.39 Å². The SMILES string of the molecule is C=C(C)C(=O)OCCCCC(F)C(=O)O. The van der Waals surface area contributed by atoms with Crippen molar-refractivity contribution in [2.45, 2.75) is 32.4 Å². The minimum Gasteiger partial charge on any atom is -0.479 e. The van der Waals surface area contributed by atoms with Gasteiger partial charge in [0.2, 0.25) is 0 Å². The topological polar surface area (TPSA) is 63.6 Å². The fourth-order valence-electron chi connectivity index (χ4n) is 0.837. The van der Waals surface area contributed by atoms with Crippen LogP contribution in [0, 0.1) is 0 Å². The van der Waals surface area contributed by atoms with Gasteiger partial charge in [-0.2, -0.15) is 0 Å². The molecule has 15 heavy (non-hydrogen) atoms. The molecule has 0 fully saturated rings. The molecule has 0 amide bonds. The van der Waals surface area contributed by atoms with Gasteiger partial charge in [0.25, 0.3) is 0 Å². The Balaban J connectivity index is 3.44. The van der Waals surface area contributed by atoms with Gasteiger partial charge in [-0.25, -0.2) is 14.0 Å². The zero-order valence-corrected chi connectivity index (χ0v) is 8.66. The first-order valence-electron chi connectivity index (χ1n) is 4.64. The van der Waals surface area contributed by atoms with Gasteiger partial charge in [-0.1, -0.05) is 6.58 Å². The second-order valence-corrected chi connectivity index (χ2v) is 3.22. The zero-order chi connectivity index (χ0) is 11.8. The van der Waals surface area contributed by atoms with Crippen molar-refractivity contribution < 1.29 is 23.8 Å². The Labute approximate surface area is 87.7 Å². The van der Waals surface area contributed by atoms with E-state index in [0.29, 0.717) is 18.4 Å². The fourth-order valence-corrected chi connectivity index (χ4v) is 0.837. The Hall–Kier alpha value is -1.39. The predicted molar refractivity (Wildman–Crippen MR) is 52.2 cm³/mol. The van der Waals surface area contributed by atoms with Crippen molar-refractivity contribution in [2.75, 3.05) is 6.61 Å². The summed E-state index contributed by atoms with van der Waals surface area (Å²) in [6, 6.07) is 0. The Bertz CT molecular complexity index is 250. The van der Waals surface area contributed by atoms with E-state index in [1.807, 2.05) is 0 Å². The number of carboxylic acids is 1. The molecular weight excluding hydrogens is 203 g/mol. The van der Waals surface area contributed by atoms with Crippen LogP contribution >= 0.6 is 0 Å². The van der Waals surface area contributed by atoms with Crippen molar-refractivity contribution in [3.05, 3.63) is 12.2 Å². The minimum absolute atomic E-state index is 0.0556. The van der Waals surface area contributed by atoms with Crippen molar-refractivity contribution in [1.82, 2.24) is 0 Å². The van der Waals surface area contributed by atoms with Crippen LogP contribution in [0.1, 0.15) is 26.2 Å². The van der Waals surface area contributed by atoms with Gasteiger partial charge >= 0.3 is 11.9 Å². The maximum absolute atomic E-state index is 12.5. The van der Waals surface area contributed by atoms with Crippen LogP contribution in [0.25, 0.3) is 0 Å². The molecule has 86 valence electrons. The number of aliphatic carboxylic acids is 1. The molecule has 0 aliphatic carbocycles. The molecule has 0 saturated carbocycles. The van der Waals surface area contributed by atoms with Crippen LogP contribution in [0.2, 0.25) is 0 Å². The summed E-state index contributed by atoms with van der Waals surface area (Å²) < 4.78 is 17.3. The van der Waals surface area contributed by atoms with Gasteiger partial charge in [0.05, 0.1) is 6.61 Å². The van der Waals surface area contributed by atoms with Crippen molar-refractivity contribution >= 4 is 11.9 Å². The molecule has 1 unspecified atom stereocenters. The molecule has 0 spiro atoms. The summed E-state index contributed by atoms with van der Waals surface area (Å²) in [4.78, 5) is 20.9. The molecule has 4 nitrogen and oxygen atoms in total. The van der Waals surface area contributed by atoms with Gasteiger partial charge in [0, 0.05) is 5.57 Å². The summed E-state index contributed by atoms with van der Waals surface area (Å²) in [6.07, 6.45) is -1.06. The molecule has 0 heterocycles. The first kappa shape index (κ1) is 13.6. The number of esters is 1. The molecule has 1 atom stereocenters. The average Bonchev–Trinajstić information content (AvgIpc) is 2.16. The number of ether oxygens (including phenoxy) is 1. The van der Waals surface area contributed by atoms with E-state index in [0.717, 1.165) is 0 Å². The van der Waals surface area contributed by atoms with Gasteiger partial charge < -0.3 is 9.84 Å². The highest BCUT2D eigenvalue weighted by Crippen LogP contribution is 2.05. The molecule has 5 heteroatoms. The number of carboxylic acid groups (broad SMARTS) is 1. The van der Waals surface area contributed by atoms with Gasteiger partial charge in [0.15, 0.2) is 6.17 Å². The van der Waals surface area contributed by atoms with Crippen LogP contribution in [0.5, 0.6) is 0 Å². The quantitative estimate of drug-likeness (QED) is 0.401. The van der Waals surface area contributed by atoms with E-state index in [1.165, 1.54) is 6.92 Å². The van der Waals surface area contributed by atoms with Crippen LogP contribution < -0.4 is 0 Å². The Morgan fingerprint density at radius 1 is 1.47 bits per heavy atom. The van der Waals surface area contributed by atoms with Crippen LogP contribution in [-0.4, -0.2) is 29.8 Å². The highest BCUT2D eigenvalue weighted by molar-refractivity contribution is 5.86. The molecule has 0 aliphatic rings. The standard InChI is InChI=1S/C10H15FO4/c1-7(2)10(14)15-6-4-3-5-8(11)9(12)13/h8H,1,3-6H2,2H3,(H,12,13). The number of rotatable bonds is 7. The smallest absolute Gasteiger partial charge is 0.338 e. The van der Waals surface area contributed by atoms with E-state index in [-0.39, 0.29) is 13.0 Å². The highest BCUT2D eigenvalue weighted by Gasteiger charge is 2.14. The fraction of sp³-hybridized carbons (Fsp3) is 0.600. The van der Waals surface area contributed by atoms with Crippen molar-refractivity contribution in [3.63, 3.8) is 0 Å². The number of hydrogen-bond acceptors (Lipinski definition) is 3. The third kappa shape index (κ3) is 6.65. The average molecular weight is 218 g/mol. The summed E-state index contributed by atoms with van der Waals surface area (Å²) >= 11 is 0. The molecule has 0 rings (SSSR count). The molecule has 0 aromatic rings. The predicted octanol–water partition coefficient (Wildman–Crippen LogP) is 1.70. The lowest BCUT2D eigenvalue weighted by Gasteiger charge is -2.04. The number of alkyl halides is 1. The largest absolute Gasteiger partial charge is 0.479 e. The van der Waals surface area contributed by atoms with Crippen LogP contribution in [-0.2, 0) is 14.3 Å². The summed E-state index contributed by atoms with van der Waals surface area (Å²) in [6.45, 7) is 5.09. The minimum atomic E-state index is -1.83. The zero-order valence-electron chi connectivity index (χ0n) is 8.66. The summed E-state index contributed by atoms with van der Waals surface area (Å²) in [7, 11) is 0. The summed E-state index contributed by atoms with van der Waals surface area (Å²) in [5.41, 5.74) is 0.309. The maximum atomic E-state index is 12.5. The second kappa shape index (κ2) is 6.98. The number of halogens is 1. The van der Waals surface area contributed by atoms with E-state index in [1.54, 1.807) is 0 Å². The normalized spacial score (nSPS) is 11.9.